The Labute approximate surface area is 176 Å². The third-order valence-electron chi connectivity index (χ3n) is 6.29. The standard InChI is InChI=1S/C21H28N2O6S/c1-29-20(24)7-5-3-2-4-6-19-15-8-9-16(14-15)21(19)22-30(27,28)18-12-10-17(11-13-18)23(25)26/h2,4,10-13,15-16,19,21-22H,3,5-9,14H2,1H3/b4-2-. The van der Waals surface area contributed by atoms with Gasteiger partial charge in [-0.2, -0.15) is 0 Å². The van der Waals surface area contributed by atoms with E-state index in [2.05, 4.69) is 21.6 Å². The summed E-state index contributed by atoms with van der Waals surface area (Å²) in [6, 6.07) is 4.87. The zero-order valence-electron chi connectivity index (χ0n) is 17.0. The minimum atomic E-state index is -3.74. The molecule has 2 aliphatic rings. The zero-order valence-corrected chi connectivity index (χ0v) is 17.8. The summed E-state index contributed by atoms with van der Waals surface area (Å²) in [5.41, 5.74) is -0.135. The number of nitrogens with zero attached hydrogens (tertiary/aromatic N) is 1. The lowest BCUT2D eigenvalue weighted by molar-refractivity contribution is -0.384. The minimum absolute atomic E-state index is 0.0491. The average molecular weight is 437 g/mol. The molecule has 1 aromatic rings. The highest BCUT2D eigenvalue weighted by molar-refractivity contribution is 7.89. The van der Waals surface area contributed by atoms with Crippen LogP contribution in [0.2, 0.25) is 0 Å². The number of fused-ring (bicyclic) bond motifs is 2. The van der Waals surface area contributed by atoms with Gasteiger partial charge in [0, 0.05) is 24.6 Å². The second-order valence-electron chi connectivity index (χ2n) is 8.07. The maximum absolute atomic E-state index is 12.9. The molecule has 0 radical (unpaired) electrons. The molecule has 0 aliphatic heterocycles. The number of rotatable bonds is 10. The largest absolute Gasteiger partial charge is 0.469 e. The Morgan fingerprint density at radius 2 is 1.93 bits per heavy atom. The molecule has 0 aromatic heterocycles. The topological polar surface area (TPSA) is 116 Å². The van der Waals surface area contributed by atoms with Gasteiger partial charge in [-0.05, 0) is 68.4 Å². The average Bonchev–Trinajstić information content (AvgIpc) is 3.32. The maximum atomic E-state index is 12.9. The van der Waals surface area contributed by atoms with Gasteiger partial charge in [0.2, 0.25) is 10.0 Å². The first-order valence-corrected chi connectivity index (χ1v) is 11.8. The Bertz CT molecular complexity index is 897. The van der Waals surface area contributed by atoms with E-state index in [1.54, 1.807) is 0 Å². The summed E-state index contributed by atoms with van der Waals surface area (Å²) in [5, 5.41) is 10.8. The van der Waals surface area contributed by atoms with E-state index in [1.165, 1.54) is 31.4 Å². The molecular formula is C21H28N2O6S. The van der Waals surface area contributed by atoms with Crippen LogP contribution >= 0.6 is 0 Å². The number of carbonyl (C=O) groups is 1. The summed E-state index contributed by atoms with van der Waals surface area (Å²) in [4.78, 5) is 21.4. The number of nitrogens with one attached hydrogen (secondary N) is 1. The highest BCUT2D eigenvalue weighted by Gasteiger charge is 2.48. The number of esters is 1. The lowest BCUT2D eigenvalue weighted by Gasteiger charge is -2.31. The van der Waals surface area contributed by atoms with Crippen molar-refractivity contribution in [1.82, 2.24) is 4.72 Å². The van der Waals surface area contributed by atoms with Crippen molar-refractivity contribution in [2.75, 3.05) is 7.11 Å². The molecule has 30 heavy (non-hydrogen) atoms. The lowest BCUT2D eigenvalue weighted by atomic mass is 9.83. The van der Waals surface area contributed by atoms with Gasteiger partial charge in [-0.1, -0.05) is 12.2 Å². The summed E-state index contributed by atoms with van der Waals surface area (Å²) < 4.78 is 33.2. The Morgan fingerprint density at radius 3 is 2.60 bits per heavy atom. The second-order valence-corrected chi connectivity index (χ2v) is 9.78. The van der Waals surface area contributed by atoms with Crippen LogP contribution in [0.4, 0.5) is 5.69 Å². The van der Waals surface area contributed by atoms with Crippen molar-refractivity contribution in [3.8, 4) is 0 Å². The van der Waals surface area contributed by atoms with Gasteiger partial charge < -0.3 is 4.74 Å². The molecule has 1 N–H and O–H groups in total. The van der Waals surface area contributed by atoms with Crippen molar-refractivity contribution in [3.63, 3.8) is 0 Å². The number of nitro benzene ring substituents is 1. The van der Waals surface area contributed by atoms with Crippen molar-refractivity contribution in [2.45, 2.75) is 55.9 Å². The summed E-state index contributed by atoms with van der Waals surface area (Å²) in [6.07, 6.45) is 10.0. The molecule has 2 aliphatic carbocycles. The fourth-order valence-corrected chi connectivity index (χ4v) is 6.12. The molecule has 9 heteroatoms. The SMILES string of the molecule is COC(=O)CCC/C=C\CC1C2CCC(C2)C1NS(=O)(=O)c1ccc([N+](=O)[O-])cc1. The van der Waals surface area contributed by atoms with Crippen LogP contribution in [0.25, 0.3) is 0 Å². The fourth-order valence-electron chi connectivity index (χ4n) is 4.76. The maximum Gasteiger partial charge on any atom is 0.305 e. The van der Waals surface area contributed by atoms with Crippen LogP contribution in [0.1, 0.15) is 44.9 Å². The molecule has 8 nitrogen and oxygen atoms in total. The van der Waals surface area contributed by atoms with E-state index in [-0.39, 0.29) is 28.5 Å². The summed E-state index contributed by atoms with van der Waals surface area (Å²) in [6.45, 7) is 0. The van der Waals surface area contributed by atoms with Gasteiger partial charge >= 0.3 is 5.97 Å². The summed E-state index contributed by atoms with van der Waals surface area (Å²) in [7, 11) is -2.36. The number of benzene rings is 1. The van der Waals surface area contributed by atoms with E-state index in [0.717, 1.165) is 38.5 Å². The zero-order chi connectivity index (χ0) is 21.7. The molecule has 4 unspecified atom stereocenters. The van der Waals surface area contributed by atoms with Crippen LogP contribution in [0.15, 0.2) is 41.3 Å². The molecule has 2 saturated carbocycles. The fraction of sp³-hybridized carbons (Fsp3) is 0.571. The molecule has 4 atom stereocenters. The van der Waals surface area contributed by atoms with Gasteiger partial charge in [-0.15, -0.1) is 0 Å². The predicted octanol–water partition coefficient (Wildman–Crippen LogP) is 3.58. The van der Waals surface area contributed by atoms with E-state index in [0.29, 0.717) is 18.3 Å². The highest BCUT2D eigenvalue weighted by atomic mass is 32.2. The normalized spacial score (nSPS) is 25.6. The number of hydrogen-bond acceptors (Lipinski definition) is 6. The van der Waals surface area contributed by atoms with Gasteiger partial charge in [0.05, 0.1) is 16.9 Å². The quantitative estimate of drug-likeness (QED) is 0.197. The van der Waals surface area contributed by atoms with E-state index in [9.17, 15) is 23.3 Å². The number of sulfonamides is 1. The monoisotopic (exact) mass is 436 g/mol. The predicted molar refractivity (Wildman–Crippen MR) is 111 cm³/mol. The first kappa shape index (κ1) is 22.4. The van der Waals surface area contributed by atoms with Crippen molar-refractivity contribution in [3.05, 3.63) is 46.5 Å². The number of nitro groups is 1. The summed E-state index contributed by atoms with van der Waals surface area (Å²) >= 11 is 0. The van der Waals surface area contributed by atoms with Crippen molar-refractivity contribution >= 4 is 21.7 Å². The number of unbranched alkanes of at least 4 members (excludes halogenated alkanes) is 1. The van der Waals surface area contributed by atoms with E-state index >= 15 is 0 Å². The molecule has 0 spiro atoms. The van der Waals surface area contributed by atoms with Crippen LogP contribution in [-0.4, -0.2) is 32.5 Å². The van der Waals surface area contributed by atoms with E-state index < -0.39 is 14.9 Å². The van der Waals surface area contributed by atoms with Gasteiger partial charge in [0.15, 0.2) is 0 Å². The van der Waals surface area contributed by atoms with Gasteiger partial charge in [0.25, 0.3) is 5.69 Å². The Kier molecular flexibility index (Phi) is 7.25. The van der Waals surface area contributed by atoms with Crippen LogP contribution in [0.3, 0.4) is 0 Å². The third-order valence-corrected chi connectivity index (χ3v) is 7.77. The molecule has 2 fully saturated rings. The van der Waals surface area contributed by atoms with Crippen LogP contribution in [-0.2, 0) is 19.6 Å². The molecule has 1 aromatic carbocycles. The molecule has 0 saturated heterocycles. The number of allylic oxidation sites excluding steroid dienone is 2. The van der Waals surface area contributed by atoms with Gasteiger partial charge in [-0.3, -0.25) is 14.9 Å². The minimum Gasteiger partial charge on any atom is -0.469 e. The molecule has 164 valence electrons. The third kappa shape index (κ3) is 5.26. The smallest absolute Gasteiger partial charge is 0.305 e. The van der Waals surface area contributed by atoms with Crippen LogP contribution in [0.5, 0.6) is 0 Å². The van der Waals surface area contributed by atoms with Gasteiger partial charge in [-0.25, -0.2) is 13.1 Å². The Balaban J connectivity index is 1.60. The number of carbonyl (C=O) groups excluding carboxylic acids is 1. The number of methoxy groups -OCH3 is 1. The molecule has 3 rings (SSSR count). The number of ether oxygens (including phenoxy) is 1. The number of hydrogen-bond donors (Lipinski definition) is 1. The first-order valence-electron chi connectivity index (χ1n) is 10.3. The molecule has 2 bridgehead atoms. The van der Waals surface area contributed by atoms with E-state index in [4.69, 9.17) is 0 Å². The number of non-ortho nitro benzene ring substituents is 1. The first-order chi connectivity index (χ1) is 14.3. The Morgan fingerprint density at radius 1 is 1.23 bits per heavy atom. The van der Waals surface area contributed by atoms with E-state index in [1.807, 2.05) is 0 Å². The highest BCUT2D eigenvalue weighted by Crippen LogP contribution is 2.50. The second kappa shape index (κ2) is 9.70. The van der Waals surface area contributed by atoms with Crippen molar-refractivity contribution < 1.29 is 22.9 Å². The Hall–Kier alpha value is -2.26. The van der Waals surface area contributed by atoms with Crippen LogP contribution in [0, 0.1) is 27.9 Å². The van der Waals surface area contributed by atoms with Gasteiger partial charge in [0.1, 0.15) is 0 Å². The molecule has 0 heterocycles. The van der Waals surface area contributed by atoms with Crippen molar-refractivity contribution in [1.29, 1.82) is 0 Å². The van der Waals surface area contributed by atoms with Crippen LogP contribution < -0.4 is 4.72 Å². The molecular weight excluding hydrogens is 408 g/mol. The molecule has 0 amide bonds. The lowest BCUT2D eigenvalue weighted by Crippen LogP contribution is -2.43. The van der Waals surface area contributed by atoms with Crippen molar-refractivity contribution in [2.24, 2.45) is 17.8 Å². The summed E-state index contributed by atoms with van der Waals surface area (Å²) in [5.74, 6) is 0.880.